The van der Waals surface area contributed by atoms with E-state index in [2.05, 4.69) is 10.2 Å². The number of piperidine rings is 2. The molecule has 0 saturated carbocycles. The average Bonchev–Trinajstić information content (AvgIpc) is 2.91. The van der Waals surface area contributed by atoms with Gasteiger partial charge in [-0.15, -0.1) is 11.8 Å². The van der Waals surface area contributed by atoms with E-state index >= 15 is 0 Å². The van der Waals surface area contributed by atoms with Crippen LogP contribution in [0.2, 0.25) is 0 Å². The first-order valence-corrected chi connectivity index (χ1v) is 13.7. The molecule has 2 aromatic rings. The summed E-state index contributed by atoms with van der Waals surface area (Å²) in [6.45, 7) is 2.26. The molecule has 0 unspecified atom stereocenters. The number of likely N-dealkylation sites (tertiary alicyclic amines) is 1. The molecule has 3 aliphatic heterocycles. The van der Waals surface area contributed by atoms with E-state index in [-0.39, 0.29) is 30.3 Å². The second kappa shape index (κ2) is 10.3. The number of carbonyl (C=O) groups excluding carboxylic acids is 3. The molecule has 0 aromatic heterocycles. The number of thioether (sulfide) groups is 1. The van der Waals surface area contributed by atoms with Gasteiger partial charge in [0.05, 0.1) is 11.4 Å². The second-order valence-electron chi connectivity index (χ2n) is 9.47. The Morgan fingerprint density at radius 1 is 0.971 bits per heavy atom. The minimum Gasteiger partial charge on any atom is -0.358 e. The standard InChI is InChI=1S/C27H32N4O3S/c1-35-21-9-7-8-20(17-21)28-25(32)18-31-24-16-19(26(33)29-13-4-2-5-14-29)11-12-22(24)30-15-6-3-10-23(30)27(31)34/h7-9,11-12,16-17,23H,2-6,10,13-15,18H2,1H3,(H,28,32)/t23-/m0/s1. The number of amides is 3. The van der Waals surface area contributed by atoms with Crippen LogP contribution in [0.3, 0.4) is 0 Å². The van der Waals surface area contributed by atoms with Gasteiger partial charge < -0.3 is 15.1 Å². The number of hydrogen-bond acceptors (Lipinski definition) is 5. The van der Waals surface area contributed by atoms with Gasteiger partial charge in [-0.25, -0.2) is 0 Å². The number of rotatable bonds is 5. The predicted octanol–water partition coefficient (Wildman–Crippen LogP) is 4.38. The number of nitrogens with one attached hydrogen (secondary N) is 1. The normalized spacial score (nSPS) is 19.7. The third-order valence-corrected chi connectivity index (χ3v) is 7.90. The van der Waals surface area contributed by atoms with Crippen molar-refractivity contribution in [1.29, 1.82) is 0 Å². The van der Waals surface area contributed by atoms with Gasteiger partial charge in [0.1, 0.15) is 12.6 Å². The van der Waals surface area contributed by atoms with Crippen LogP contribution in [-0.2, 0) is 9.59 Å². The maximum atomic E-state index is 13.6. The summed E-state index contributed by atoms with van der Waals surface area (Å²) in [5.41, 5.74) is 2.87. The number of benzene rings is 2. The third-order valence-electron chi connectivity index (χ3n) is 7.17. The van der Waals surface area contributed by atoms with E-state index in [9.17, 15) is 14.4 Å². The van der Waals surface area contributed by atoms with Crippen molar-refractivity contribution in [3.8, 4) is 0 Å². The summed E-state index contributed by atoms with van der Waals surface area (Å²) in [5.74, 6) is -0.314. The first kappa shape index (κ1) is 23.7. The zero-order valence-electron chi connectivity index (χ0n) is 20.2. The van der Waals surface area contributed by atoms with E-state index in [0.29, 0.717) is 16.9 Å². The van der Waals surface area contributed by atoms with Crippen molar-refractivity contribution in [3.63, 3.8) is 0 Å². The largest absolute Gasteiger partial charge is 0.358 e. The monoisotopic (exact) mass is 492 g/mol. The first-order chi connectivity index (χ1) is 17.0. The van der Waals surface area contributed by atoms with Crippen molar-refractivity contribution in [3.05, 3.63) is 48.0 Å². The van der Waals surface area contributed by atoms with Crippen LogP contribution in [0.15, 0.2) is 47.4 Å². The number of carbonyl (C=O) groups is 3. The highest BCUT2D eigenvalue weighted by atomic mass is 32.2. The van der Waals surface area contributed by atoms with Gasteiger partial charge in [0.25, 0.3) is 5.91 Å². The molecule has 1 atom stereocenters. The SMILES string of the molecule is CSc1cccc(NC(=O)CN2C(=O)[C@@H]3CCCCN3c3ccc(C(=O)N4CCCCC4)cc32)c1. The lowest BCUT2D eigenvalue weighted by molar-refractivity contribution is -0.123. The Morgan fingerprint density at radius 2 is 1.77 bits per heavy atom. The number of fused-ring (bicyclic) bond motifs is 3. The van der Waals surface area contributed by atoms with Gasteiger partial charge >= 0.3 is 0 Å². The molecule has 5 rings (SSSR count). The van der Waals surface area contributed by atoms with Crippen LogP contribution in [0.1, 0.15) is 48.9 Å². The Kier molecular flexibility index (Phi) is 7.00. The minimum absolute atomic E-state index is 0.000927. The van der Waals surface area contributed by atoms with Crippen LogP contribution >= 0.6 is 11.8 Å². The van der Waals surface area contributed by atoms with E-state index in [1.54, 1.807) is 16.7 Å². The summed E-state index contributed by atoms with van der Waals surface area (Å²) in [6, 6.07) is 13.1. The molecule has 8 heteroatoms. The summed E-state index contributed by atoms with van der Waals surface area (Å²) in [7, 11) is 0. The Morgan fingerprint density at radius 3 is 2.57 bits per heavy atom. The molecular weight excluding hydrogens is 460 g/mol. The van der Waals surface area contributed by atoms with Crippen molar-refractivity contribution in [1.82, 2.24) is 4.90 Å². The molecule has 184 valence electrons. The second-order valence-corrected chi connectivity index (χ2v) is 10.3. The lowest BCUT2D eigenvalue weighted by Gasteiger charge is -2.45. The molecule has 3 heterocycles. The Balaban J connectivity index is 1.44. The zero-order chi connectivity index (χ0) is 24.4. The lowest BCUT2D eigenvalue weighted by atomic mass is 9.95. The maximum Gasteiger partial charge on any atom is 0.253 e. The zero-order valence-corrected chi connectivity index (χ0v) is 21.0. The number of hydrogen-bond donors (Lipinski definition) is 1. The van der Waals surface area contributed by atoms with Crippen molar-refractivity contribution in [2.24, 2.45) is 0 Å². The molecule has 0 radical (unpaired) electrons. The summed E-state index contributed by atoms with van der Waals surface area (Å²) < 4.78 is 0. The van der Waals surface area contributed by atoms with Crippen LogP contribution in [-0.4, -0.2) is 61.1 Å². The van der Waals surface area contributed by atoms with Crippen molar-refractivity contribution >= 4 is 46.5 Å². The summed E-state index contributed by atoms with van der Waals surface area (Å²) in [4.78, 5) is 46.6. The van der Waals surface area contributed by atoms with E-state index in [4.69, 9.17) is 0 Å². The van der Waals surface area contributed by atoms with Crippen LogP contribution in [0, 0.1) is 0 Å². The highest BCUT2D eigenvalue weighted by molar-refractivity contribution is 7.98. The van der Waals surface area contributed by atoms with Crippen molar-refractivity contribution in [2.75, 3.05) is 47.6 Å². The van der Waals surface area contributed by atoms with Crippen molar-refractivity contribution in [2.45, 2.75) is 49.5 Å². The van der Waals surface area contributed by atoms with Crippen LogP contribution in [0.4, 0.5) is 17.1 Å². The average molecular weight is 493 g/mol. The molecule has 1 N–H and O–H groups in total. The Labute approximate surface area is 210 Å². The number of nitrogens with zero attached hydrogens (tertiary/aromatic N) is 3. The van der Waals surface area contributed by atoms with Crippen molar-refractivity contribution < 1.29 is 14.4 Å². The highest BCUT2D eigenvalue weighted by Gasteiger charge is 2.40. The van der Waals surface area contributed by atoms with Gasteiger partial charge in [0.15, 0.2) is 0 Å². The molecule has 7 nitrogen and oxygen atoms in total. The number of anilines is 3. The Hall–Kier alpha value is -3.00. The van der Waals surface area contributed by atoms with Gasteiger partial charge in [-0.2, -0.15) is 0 Å². The summed E-state index contributed by atoms with van der Waals surface area (Å²) in [5, 5.41) is 2.94. The minimum atomic E-state index is -0.257. The van der Waals surface area contributed by atoms with E-state index in [1.165, 1.54) is 0 Å². The van der Waals surface area contributed by atoms with Crippen LogP contribution < -0.4 is 15.1 Å². The molecule has 2 saturated heterocycles. The molecular formula is C27H32N4O3S. The topological polar surface area (TPSA) is 73.0 Å². The molecule has 0 aliphatic carbocycles. The van der Waals surface area contributed by atoms with E-state index in [1.807, 2.05) is 53.6 Å². The molecule has 0 bridgehead atoms. The van der Waals surface area contributed by atoms with Gasteiger partial charge in [-0.3, -0.25) is 19.3 Å². The third kappa shape index (κ3) is 4.89. The smallest absolute Gasteiger partial charge is 0.253 e. The van der Waals surface area contributed by atoms with Gasteiger partial charge in [0, 0.05) is 35.8 Å². The summed E-state index contributed by atoms with van der Waals surface area (Å²) >= 11 is 1.61. The van der Waals surface area contributed by atoms with Crippen LogP contribution in [0.25, 0.3) is 0 Å². The van der Waals surface area contributed by atoms with E-state index in [0.717, 1.165) is 68.7 Å². The molecule has 3 aliphatic rings. The first-order valence-electron chi connectivity index (χ1n) is 12.5. The molecule has 2 fully saturated rings. The Bertz CT molecular complexity index is 1130. The molecule has 0 spiro atoms. The highest BCUT2D eigenvalue weighted by Crippen LogP contribution is 2.40. The van der Waals surface area contributed by atoms with Gasteiger partial charge in [-0.1, -0.05) is 6.07 Å². The molecule has 2 aromatic carbocycles. The quantitative estimate of drug-likeness (QED) is 0.627. The molecule has 35 heavy (non-hydrogen) atoms. The fraction of sp³-hybridized carbons (Fsp3) is 0.444. The fourth-order valence-electron chi connectivity index (χ4n) is 5.38. The molecule has 3 amide bonds. The lowest BCUT2D eigenvalue weighted by Crippen LogP contribution is -2.56. The van der Waals surface area contributed by atoms with Gasteiger partial charge in [0.2, 0.25) is 11.8 Å². The van der Waals surface area contributed by atoms with E-state index < -0.39 is 0 Å². The summed E-state index contributed by atoms with van der Waals surface area (Å²) in [6.07, 6.45) is 7.99. The predicted molar refractivity (Wildman–Crippen MR) is 140 cm³/mol. The fourth-order valence-corrected chi connectivity index (χ4v) is 5.84. The van der Waals surface area contributed by atoms with Crippen LogP contribution in [0.5, 0.6) is 0 Å². The maximum absolute atomic E-state index is 13.6. The van der Waals surface area contributed by atoms with Gasteiger partial charge in [-0.05, 0) is 81.2 Å².